The third-order valence-corrected chi connectivity index (χ3v) is 6.69. The molecule has 1 atom stereocenters. The lowest BCUT2D eigenvalue weighted by molar-refractivity contribution is -0.120. The molecule has 2 aliphatic carbocycles. The monoisotopic (exact) mass is 348 g/mol. The number of thiophene rings is 1. The maximum absolute atomic E-state index is 12.6. The van der Waals surface area contributed by atoms with Crippen molar-refractivity contribution in [1.82, 2.24) is 0 Å². The third-order valence-electron chi connectivity index (χ3n) is 5.52. The average molecular weight is 349 g/mol. The predicted octanol–water partition coefficient (Wildman–Crippen LogP) is 4.27. The maximum Gasteiger partial charge on any atom is 0.251 e. The second-order valence-electron chi connectivity index (χ2n) is 7.29. The fourth-order valence-corrected chi connectivity index (χ4v) is 5.61. The van der Waals surface area contributed by atoms with E-state index in [1.54, 1.807) is 11.3 Å². The van der Waals surface area contributed by atoms with E-state index in [-0.39, 0.29) is 11.8 Å². The third kappa shape index (κ3) is 3.66. The zero-order chi connectivity index (χ0) is 17.1. The number of anilines is 1. The largest absolute Gasteiger partial charge is 0.365 e. The summed E-state index contributed by atoms with van der Waals surface area (Å²) in [6, 6.07) is 0. The van der Waals surface area contributed by atoms with Gasteiger partial charge in [0.25, 0.3) is 5.91 Å². The fourth-order valence-electron chi connectivity index (χ4n) is 4.24. The number of carbonyl (C=O) groups is 2. The van der Waals surface area contributed by atoms with Crippen molar-refractivity contribution in [2.24, 2.45) is 17.6 Å². The number of primary amides is 1. The highest BCUT2D eigenvalue weighted by Gasteiger charge is 2.29. The van der Waals surface area contributed by atoms with Crippen LogP contribution in [-0.4, -0.2) is 11.8 Å². The Kier molecular flexibility index (Phi) is 5.59. The van der Waals surface area contributed by atoms with Gasteiger partial charge in [-0.05, 0) is 43.6 Å². The van der Waals surface area contributed by atoms with Crippen molar-refractivity contribution in [1.29, 1.82) is 0 Å². The van der Waals surface area contributed by atoms with Crippen LogP contribution in [0.1, 0.15) is 79.1 Å². The van der Waals surface area contributed by atoms with Crippen LogP contribution in [0.25, 0.3) is 0 Å². The number of carbonyl (C=O) groups excluding carboxylic acids is 2. The lowest BCUT2D eigenvalue weighted by Crippen LogP contribution is -2.26. The standard InChI is InChI=1S/C19H28N2O2S/c1-2-6-12-9-10-14-15(11-12)24-19(16(14)17(20)22)21-18(23)13-7-4-3-5-8-13/h12-13H,2-11H2,1H3,(H2,20,22)(H,21,23). The average Bonchev–Trinajstić information content (AvgIpc) is 2.93. The summed E-state index contributed by atoms with van der Waals surface area (Å²) >= 11 is 1.58. The number of nitrogens with two attached hydrogens (primary N) is 1. The molecule has 0 spiro atoms. The Morgan fingerprint density at radius 1 is 1.21 bits per heavy atom. The molecular weight excluding hydrogens is 320 g/mol. The first-order valence-electron chi connectivity index (χ1n) is 9.35. The molecule has 1 unspecified atom stereocenters. The molecular formula is C19H28N2O2S. The second-order valence-corrected chi connectivity index (χ2v) is 8.40. The summed E-state index contributed by atoms with van der Waals surface area (Å²) in [6.45, 7) is 2.22. The van der Waals surface area contributed by atoms with E-state index < -0.39 is 5.91 Å². The van der Waals surface area contributed by atoms with Gasteiger partial charge in [0.05, 0.1) is 5.56 Å². The minimum absolute atomic E-state index is 0.0703. The van der Waals surface area contributed by atoms with Crippen LogP contribution in [0.5, 0.6) is 0 Å². The van der Waals surface area contributed by atoms with Gasteiger partial charge < -0.3 is 11.1 Å². The topological polar surface area (TPSA) is 72.2 Å². The summed E-state index contributed by atoms with van der Waals surface area (Å²) in [5.74, 6) is 0.455. The maximum atomic E-state index is 12.6. The van der Waals surface area contributed by atoms with E-state index in [1.807, 2.05) is 0 Å². The van der Waals surface area contributed by atoms with Gasteiger partial charge in [-0.2, -0.15) is 0 Å². The molecule has 132 valence electrons. The van der Waals surface area contributed by atoms with Crippen LogP contribution in [0.2, 0.25) is 0 Å². The van der Waals surface area contributed by atoms with Gasteiger partial charge >= 0.3 is 0 Å². The van der Waals surface area contributed by atoms with E-state index in [0.717, 1.165) is 50.5 Å². The zero-order valence-corrected chi connectivity index (χ0v) is 15.3. The van der Waals surface area contributed by atoms with Crippen LogP contribution in [0, 0.1) is 11.8 Å². The smallest absolute Gasteiger partial charge is 0.251 e. The van der Waals surface area contributed by atoms with E-state index in [1.165, 1.54) is 24.1 Å². The van der Waals surface area contributed by atoms with Gasteiger partial charge in [-0.3, -0.25) is 9.59 Å². The van der Waals surface area contributed by atoms with Crippen LogP contribution >= 0.6 is 11.3 Å². The Labute approximate surface area is 148 Å². The first kappa shape index (κ1) is 17.5. The quantitative estimate of drug-likeness (QED) is 0.834. The molecule has 1 aromatic rings. The van der Waals surface area contributed by atoms with Crippen molar-refractivity contribution in [3.05, 3.63) is 16.0 Å². The lowest BCUT2D eigenvalue weighted by atomic mass is 9.84. The molecule has 0 bridgehead atoms. The van der Waals surface area contributed by atoms with E-state index >= 15 is 0 Å². The molecule has 1 saturated carbocycles. The minimum atomic E-state index is -0.402. The molecule has 0 aromatic carbocycles. The summed E-state index contributed by atoms with van der Waals surface area (Å²) in [4.78, 5) is 25.8. The van der Waals surface area contributed by atoms with Gasteiger partial charge in [-0.25, -0.2) is 0 Å². The molecule has 4 nitrogen and oxygen atoms in total. The van der Waals surface area contributed by atoms with E-state index in [0.29, 0.717) is 16.5 Å². The van der Waals surface area contributed by atoms with Crippen LogP contribution in [0.15, 0.2) is 0 Å². The van der Waals surface area contributed by atoms with Crippen molar-refractivity contribution in [3.8, 4) is 0 Å². The van der Waals surface area contributed by atoms with Crippen molar-refractivity contribution in [2.75, 3.05) is 5.32 Å². The Bertz CT molecular complexity index is 617. The Morgan fingerprint density at radius 3 is 2.62 bits per heavy atom. The molecule has 0 aliphatic heterocycles. The van der Waals surface area contributed by atoms with Gasteiger partial charge in [0.15, 0.2) is 0 Å². The van der Waals surface area contributed by atoms with Gasteiger partial charge in [0.2, 0.25) is 5.91 Å². The lowest BCUT2D eigenvalue weighted by Gasteiger charge is -2.21. The van der Waals surface area contributed by atoms with Crippen molar-refractivity contribution in [3.63, 3.8) is 0 Å². The van der Waals surface area contributed by atoms with Gasteiger partial charge in [-0.1, -0.05) is 39.0 Å². The van der Waals surface area contributed by atoms with Crippen molar-refractivity contribution < 1.29 is 9.59 Å². The molecule has 0 saturated heterocycles. The van der Waals surface area contributed by atoms with Crippen LogP contribution in [0.4, 0.5) is 5.00 Å². The summed E-state index contributed by atoms with van der Waals surface area (Å²) in [5.41, 5.74) is 7.32. The first-order chi connectivity index (χ1) is 11.6. The molecule has 3 N–H and O–H groups in total. The Balaban J connectivity index is 1.80. The molecule has 0 radical (unpaired) electrons. The van der Waals surface area contributed by atoms with Crippen LogP contribution < -0.4 is 11.1 Å². The molecule has 2 aliphatic rings. The van der Waals surface area contributed by atoms with Gasteiger partial charge in [0, 0.05) is 10.8 Å². The Hall–Kier alpha value is -1.36. The molecule has 3 rings (SSSR count). The van der Waals surface area contributed by atoms with Crippen LogP contribution in [-0.2, 0) is 17.6 Å². The number of rotatable bonds is 5. The van der Waals surface area contributed by atoms with Gasteiger partial charge in [0.1, 0.15) is 5.00 Å². The fraction of sp³-hybridized carbons (Fsp3) is 0.684. The van der Waals surface area contributed by atoms with Gasteiger partial charge in [-0.15, -0.1) is 11.3 Å². The Morgan fingerprint density at radius 2 is 1.96 bits per heavy atom. The van der Waals surface area contributed by atoms with E-state index in [9.17, 15) is 9.59 Å². The summed E-state index contributed by atoms with van der Waals surface area (Å²) in [6.07, 6.45) is 10.9. The highest BCUT2D eigenvalue weighted by atomic mass is 32.1. The summed E-state index contributed by atoms with van der Waals surface area (Å²) in [5, 5.41) is 3.74. The number of nitrogens with one attached hydrogen (secondary N) is 1. The van der Waals surface area contributed by atoms with E-state index in [4.69, 9.17) is 5.73 Å². The van der Waals surface area contributed by atoms with Crippen LogP contribution in [0.3, 0.4) is 0 Å². The number of hydrogen-bond donors (Lipinski definition) is 2. The molecule has 1 fully saturated rings. The number of fused-ring (bicyclic) bond motifs is 1. The summed E-state index contributed by atoms with van der Waals surface area (Å²) < 4.78 is 0. The minimum Gasteiger partial charge on any atom is -0.365 e. The first-order valence-corrected chi connectivity index (χ1v) is 10.2. The molecule has 1 heterocycles. The normalized spacial score (nSPS) is 21.3. The molecule has 2 amide bonds. The van der Waals surface area contributed by atoms with E-state index in [2.05, 4.69) is 12.2 Å². The summed E-state index contributed by atoms with van der Waals surface area (Å²) in [7, 11) is 0. The SMILES string of the molecule is CCCC1CCc2c(sc(NC(=O)C3CCCCC3)c2C(N)=O)C1. The molecule has 24 heavy (non-hydrogen) atoms. The van der Waals surface area contributed by atoms with Crippen molar-refractivity contribution >= 4 is 28.2 Å². The highest BCUT2D eigenvalue weighted by Crippen LogP contribution is 2.41. The molecule has 5 heteroatoms. The predicted molar refractivity (Wildman–Crippen MR) is 98.5 cm³/mol. The zero-order valence-electron chi connectivity index (χ0n) is 14.5. The van der Waals surface area contributed by atoms with Crippen molar-refractivity contribution in [2.45, 2.75) is 71.1 Å². The number of hydrogen-bond acceptors (Lipinski definition) is 3. The number of amides is 2. The highest BCUT2D eigenvalue weighted by molar-refractivity contribution is 7.17. The molecule has 1 aromatic heterocycles. The second kappa shape index (κ2) is 7.68.